The van der Waals surface area contributed by atoms with Gasteiger partial charge in [-0.15, -0.1) is 0 Å². The largest absolute Gasteiger partial charge is 0.291 e. The molecule has 0 heterocycles. The van der Waals surface area contributed by atoms with Crippen molar-refractivity contribution in [2.75, 3.05) is 0 Å². The predicted octanol–water partition coefficient (Wildman–Crippen LogP) is 3.10. The molecule has 0 saturated heterocycles. The van der Waals surface area contributed by atoms with E-state index in [0.29, 0.717) is 0 Å². The van der Waals surface area contributed by atoms with Gasteiger partial charge in [-0.05, 0) is 26.3 Å². The summed E-state index contributed by atoms with van der Waals surface area (Å²) in [5.41, 5.74) is 1.37. The molecule has 13 heavy (non-hydrogen) atoms. The molecule has 1 aromatic rings. The van der Waals surface area contributed by atoms with Crippen LogP contribution < -0.4 is 0 Å². The number of rotatable bonds is 2. The first-order valence-electron chi connectivity index (χ1n) is 4.65. The summed E-state index contributed by atoms with van der Waals surface area (Å²) >= 11 is 0. The highest BCUT2D eigenvalue weighted by Crippen LogP contribution is 2.05. The van der Waals surface area contributed by atoms with Crippen LogP contribution in [-0.2, 0) is 6.42 Å². The van der Waals surface area contributed by atoms with Gasteiger partial charge in [0.05, 0.1) is 5.54 Å². The number of hydrogen-bond acceptors (Lipinski definition) is 1. The Morgan fingerprint density at radius 1 is 1.15 bits per heavy atom. The third kappa shape index (κ3) is 4.46. The average Bonchev–Trinajstić information content (AvgIpc) is 2.04. The Morgan fingerprint density at radius 3 is 2.31 bits per heavy atom. The van der Waals surface area contributed by atoms with Crippen molar-refractivity contribution in [1.82, 2.24) is 0 Å². The zero-order valence-electron chi connectivity index (χ0n) is 8.62. The van der Waals surface area contributed by atoms with Crippen LogP contribution in [0, 0.1) is 0 Å². The minimum Gasteiger partial charge on any atom is -0.291 e. The average molecular weight is 175 g/mol. The van der Waals surface area contributed by atoms with Crippen molar-refractivity contribution in [3.63, 3.8) is 0 Å². The molecule has 0 fully saturated rings. The van der Waals surface area contributed by atoms with E-state index in [1.54, 1.807) is 0 Å². The van der Waals surface area contributed by atoms with E-state index >= 15 is 0 Å². The van der Waals surface area contributed by atoms with Gasteiger partial charge in [-0.3, -0.25) is 4.99 Å². The van der Waals surface area contributed by atoms with E-state index < -0.39 is 0 Å². The van der Waals surface area contributed by atoms with Crippen LogP contribution in [0.1, 0.15) is 26.3 Å². The summed E-state index contributed by atoms with van der Waals surface area (Å²) in [6.07, 6.45) is 2.92. The molecule has 0 saturated carbocycles. The van der Waals surface area contributed by atoms with E-state index in [-0.39, 0.29) is 5.54 Å². The van der Waals surface area contributed by atoms with Crippen molar-refractivity contribution >= 4 is 6.21 Å². The second kappa shape index (κ2) is 4.22. The number of hydrogen-bond donors (Lipinski definition) is 0. The first kappa shape index (κ1) is 9.97. The maximum absolute atomic E-state index is 4.43. The molecule has 0 atom stereocenters. The van der Waals surface area contributed by atoms with Crippen LogP contribution in [0.5, 0.6) is 0 Å². The van der Waals surface area contributed by atoms with Gasteiger partial charge in [0.15, 0.2) is 0 Å². The van der Waals surface area contributed by atoms with Crippen LogP contribution in [-0.4, -0.2) is 11.8 Å². The lowest BCUT2D eigenvalue weighted by atomic mass is 10.1. The predicted molar refractivity (Wildman–Crippen MR) is 58.4 cm³/mol. The lowest BCUT2D eigenvalue weighted by Gasteiger charge is -2.10. The third-order valence-corrected chi connectivity index (χ3v) is 1.65. The Balaban J connectivity index is 2.49. The molecule has 1 heteroatoms. The SMILES string of the molecule is CC(C)(C)N=CCc1ccccc1. The second-order valence-electron chi connectivity index (χ2n) is 4.17. The van der Waals surface area contributed by atoms with Gasteiger partial charge in [-0.1, -0.05) is 30.3 Å². The van der Waals surface area contributed by atoms with Crippen LogP contribution in [0.4, 0.5) is 0 Å². The Kier molecular flexibility index (Phi) is 3.24. The molecule has 1 rings (SSSR count). The molecule has 0 spiro atoms. The van der Waals surface area contributed by atoms with E-state index in [1.165, 1.54) is 5.56 Å². The zero-order chi connectivity index (χ0) is 9.73. The molecule has 0 radical (unpaired) electrons. The van der Waals surface area contributed by atoms with Crippen LogP contribution in [0.2, 0.25) is 0 Å². The summed E-state index contributed by atoms with van der Waals surface area (Å²) in [7, 11) is 0. The van der Waals surface area contributed by atoms with Gasteiger partial charge >= 0.3 is 0 Å². The second-order valence-corrected chi connectivity index (χ2v) is 4.17. The summed E-state index contributed by atoms with van der Waals surface area (Å²) in [5.74, 6) is 0. The van der Waals surface area contributed by atoms with Gasteiger partial charge in [-0.2, -0.15) is 0 Å². The third-order valence-electron chi connectivity index (χ3n) is 1.65. The zero-order valence-corrected chi connectivity index (χ0v) is 8.62. The fourth-order valence-corrected chi connectivity index (χ4v) is 1.04. The van der Waals surface area contributed by atoms with Gasteiger partial charge in [0.25, 0.3) is 0 Å². The molecule has 0 unspecified atom stereocenters. The summed E-state index contributed by atoms with van der Waals surface area (Å²) in [4.78, 5) is 4.43. The van der Waals surface area contributed by atoms with Crippen molar-refractivity contribution in [3.8, 4) is 0 Å². The van der Waals surface area contributed by atoms with E-state index in [2.05, 4.69) is 50.0 Å². The molecule has 0 N–H and O–H groups in total. The number of nitrogens with zero attached hydrogens (tertiary/aromatic N) is 1. The highest BCUT2D eigenvalue weighted by molar-refractivity contribution is 5.61. The fourth-order valence-electron chi connectivity index (χ4n) is 1.04. The lowest BCUT2D eigenvalue weighted by Crippen LogP contribution is -2.09. The van der Waals surface area contributed by atoms with Crippen molar-refractivity contribution in [2.24, 2.45) is 4.99 Å². The quantitative estimate of drug-likeness (QED) is 0.612. The van der Waals surface area contributed by atoms with Crippen LogP contribution >= 0.6 is 0 Å². The van der Waals surface area contributed by atoms with E-state index in [1.807, 2.05) is 12.3 Å². The van der Waals surface area contributed by atoms with Crippen molar-refractivity contribution in [1.29, 1.82) is 0 Å². The number of aliphatic imine (C=N–C) groups is 1. The lowest BCUT2D eigenvalue weighted by molar-refractivity contribution is 0.585. The molecule has 1 aromatic carbocycles. The van der Waals surface area contributed by atoms with Gasteiger partial charge < -0.3 is 0 Å². The molecule has 0 aliphatic carbocycles. The minimum atomic E-state index is 0.0504. The van der Waals surface area contributed by atoms with E-state index in [4.69, 9.17) is 0 Å². The molecule has 0 amide bonds. The summed E-state index contributed by atoms with van der Waals surface area (Å²) in [6.45, 7) is 6.32. The van der Waals surface area contributed by atoms with Crippen LogP contribution in [0.25, 0.3) is 0 Å². The summed E-state index contributed by atoms with van der Waals surface area (Å²) in [5, 5.41) is 0. The maximum Gasteiger partial charge on any atom is 0.0520 e. The van der Waals surface area contributed by atoms with Crippen molar-refractivity contribution < 1.29 is 0 Å². The van der Waals surface area contributed by atoms with Crippen molar-refractivity contribution in [2.45, 2.75) is 32.7 Å². The van der Waals surface area contributed by atoms with Gasteiger partial charge in [0, 0.05) is 12.6 Å². The monoisotopic (exact) mass is 175 g/mol. The molecule has 0 bridgehead atoms. The molecule has 0 aromatic heterocycles. The molecule has 0 aliphatic rings. The van der Waals surface area contributed by atoms with Crippen LogP contribution in [0.3, 0.4) is 0 Å². The molecule has 70 valence electrons. The van der Waals surface area contributed by atoms with Gasteiger partial charge in [-0.25, -0.2) is 0 Å². The Morgan fingerprint density at radius 2 is 1.77 bits per heavy atom. The first-order valence-corrected chi connectivity index (χ1v) is 4.65. The fraction of sp³-hybridized carbons (Fsp3) is 0.417. The molecule has 1 nitrogen and oxygen atoms in total. The van der Waals surface area contributed by atoms with Crippen LogP contribution in [0.15, 0.2) is 35.3 Å². The highest BCUT2D eigenvalue weighted by Gasteiger charge is 2.03. The molecular weight excluding hydrogens is 158 g/mol. The smallest absolute Gasteiger partial charge is 0.0520 e. The summed E-state index contributed by atoms with van der Waals surface area (Å²) in [6, 6.07) is 10.4. The molecular formula is C12H17N. The highest BCUT2D eigenvalue weighted by atomic mass is 14.8. The topological polar surface area (TPSA) is 12.4 Å². The van der Waals surface area contributed by atoms with Gasteiger partial charge in [0.2, 0.25) is 0 Å². The number of benzene rings is 1. The Labute approximate surface area is 80.5 Å². The van der Waals surface area contributed by atoms with Crippen molar-refractivity contribution in [3.05, 3.63) is 35.9 Å². The van der Waals surface area contributed by atoms with E-state index in [9.17, 15) is 0 Å². The molecule has 0 aliphatic heterocycles. The maximum atomic E-state index is 4.43. The van der Waals surface area contributed by atoms with E-state index in [0.717, 1.165) is 6.42 Å². The summed E-state index contributed by atoms with van der Waals surface area (Å²) < 4.78 is 0. The normalized spacial score (nSPS) is 12.2. The Bertz CT molecular complexity index is 267. The standard InChI is InChI=1S/C12H17N/c1-12(2,3)13-10-9-11-7-5-4-6-8-11/h4-8,10H,9H2,1-3H3. The van der Waals surface area contributed by atoms with Gasteiger partial charge in [0.1, 0.15) is 0 Å². The minimum absolute atomic E-state index is 0.0504. The first-order chi connectivity index (χ1) is 6.08. The Hall–Kier alpha value is -1.11.